The molecule has 2 nitrogen and oxygen atoms in total. The quantitative estimate of drug-likeness (QED) is 0.591. The zero-order chi connectivity index (χ0) is 10.1. The lowest BCUT2D eigenvalue weighted by atomic mass is 10.1. The smallest absolute Gasteiger partial charge is 0.0344 e. The van der Waals surface area contributed by atoms with Gasteiger partial charge in [0.25, 0.3) is 0 Å². The van der Waals surface area contributed by atoms with Gasteiger partial charge < -0.3 is 10.6 Å². The first-order valence-corrected chi connectivity index (χ1v) is 5.02. The van der Waals surface area contributed by atoms with Gasteiger partial charge in [0.15, 0.2) is 0 Å². The molecule has 0 rings (SSSR count). The molecular weight excluding hydrogens is 160 g/mol. The summed E-state index contributed by atoms with van der Waals surface area (Å²) in [4.78, 5) is 0. The molecule has 0 aliphatic carbocycles. The van der Waals surface area contributed by atoms with Gasteiger partial charge in [0.2, 0.25) is 0 Å². The molecule has 0 aromatic carbocycles. The lowest BCUT2D eigenvalue weighted by molar-refractivity contribution is 0.532. The molecule has 2 N–H and O–H groups in total. The Morgan fingerprint density at radius 2 is 2.00 bits per heavy atom. The van der Waals surface area contributed by atoms with E-state index in [-0.39, 0.29) is 0 Å². The molecule has 0 aliphatic heterocycles. The summed E-state index contributed by atoms with van der Waals surface area (Å²) in [6, 6.07) is 0.611. The SMILES string of the molecule is C=CNC/C=C(\C)NC(CC)CC. The first kappa shape index (κ1) is 12.1. The Balaban J connectivity index is 3.75. The average Bonchev–Trinajstić information content (AvgIpc) is 2.14. The van der Waals surface area contributed by atoms with Crippen molar-refractivity contribution in [3.8, 4) is 0 Å². The van der Waals surface area contributed by atoms with Crippen molar-refractivity contribution in [2.24, 2.45) is 0 Å². The van der Waals surface area contributed by atoms with Crippen LogP contribution in [0.25, 0.3) is 0 Å². The second kappa shape index (κ2) is 7.71. The first-order valence-electron chi connectivity index (χ1n) is 5.02. The van der Waals surface area contributed by atoms with Gasteiger partial charge in [-0.15, -0.1) is 0 Å². The summed E-state index contributed by atoms with van der Waals surface area (Å²) in [5.41, 5.74) is 1.24. The minimum atomic E-state index is 0.611. The molecule has 0 spiro atoms. The van der Waals surface area contributed by atoms with E-state index in [0.29, 0.717) is 6.04 Å². The zero-order valence-corrected chi connectivity index (χ0v) is 9.06. The van der Waals surface area contributed by atoms with E-state index in [1.165, 1.54) is 18.5 Å². The Hall–Kier alpha value is -0.920. The summed E-state index contributed by atoms with van der Waals surface area (Å²) in [6.45, 7) is 10.9. The van der Waals surface area contributed by atoms with E-state index in [0.717, 1.165) is 6.54 Å². The fourth-order valence-electron chi connectivity index (χ4n) is 1.17. The Bertz CT molecular complexity index is 157. The molecule has 0 heterocycles. The second-order valence-electron chi connectivity index (χ2n) is 3.16. The topological polar surface area (TPSA) is 24.1 Å². The molecule has 0 fully saturated rings. The van der Waals surface area contributed by atoms with Crippen LogP contribution in [0.4, 0.5) is 0 Å². The molecular formula is C11H22N2. The lowest BCUT2D eigenvalue weighted by Gasteiger charge is -2.16. The van der Waals surface area contributed by atoms with E-state index in [9.17, 15) is 0 Å². The largest absolute Gasteiger partial charge is 0.388 e. The average molecular weight is 182 g/mol. The summed E-state index contributed by atoms with van der Waals surface area (Å²) >= 11 is 0. The van der Waals surface area contributed by atoms with Crippen LogP contribution >= 0.6 is 0 Å². The minimum Gasteiger partial charge on any atom is -0.388 e. The summed E-state index contributed by atoms with van der Waals surface area (Å²) < 4.78 is 0. The molecule has 0 amide bonds. The van der Waals surface area contributed by atoms with Crippen LogP contribution < -0.4 is 10.6 Å². The first-order chi connectivity index (χ1) is 6.24. The van der Waals surface area contributed by atoms with Crippen LogP contribution in [-0.4, -0.2) is 12.6 Å². The molecule has 0 aromatic heterocycles. The van der Waals surface area contributed by atoms with Gasteiger partial charge in [-0.05, 0) is 32.0 Å². The summed E-state index contributed by atoms with van der Waals surface area (Å²) in [5, 5.41) is 6.50. The number of hydrogen-bond acceptors (Lipinski definition) is 2. The highest BCUT2D eigenvalue weighted by molar-refractivity contribution is 4.98. The summed E-state index contributed by atoms with van der Waals surface area (Å²) in [7, 11) is 0. The number of rotatable bonds is 7. The molecule has 0 saturated carbocycles. The Labute approximate surface area is 82.1 Å². The molecule has 2 heteroatoms. The predicted molar refractivity (Wildman–Crippen MR) is 59.5 cm³/mol. The maximum atomic E-state index is 3.59. The molecule has 0 saturated heterocycles. The van der Waals surface area contributed by atoms with Gasteiger partial charge >= 0.3 is 0 Å². The van der Waals surface area contributed by atoms with E-state index in [2.05, 4.69) is 44.1 Å². The Morgan fingerprint density at radius 1 is 1.38 bits per heavy atom. The molecule has 0 aromatic rings. The van der Waals surface area contributed by atoms with Gasteiger partial charge in [0.1, 0.15) is 0 Å². The summed E-state index contributed by atoms with van der Waals surface area (Å²) in [5.74, 6) is 0. The van der Waals surface area contributed by atoms with Gasteiger partial charge in [-0.3, -0.25) is 0 Å². The standard InChI is InChI=1S/C11H22N2/c1-5-11(6-2)13-10(4)8-9-12-7-3/h7-8,11-13H,3,5-6,9H2,1-2,4H3/b10-8+. The fraction of sp³-hybridized carbons (Fsp3) is 0.636. The normalized spacial score (nSPS) is 11.5. The van der Waals surface area contributed by atoms with Crippen molar-refractivity contribution < 1.29 is 0 Å². The van der Waals surface area contributed by atoms with Gasteiger partial charge in [-0.1, -0.05) is 20.4 Å². The van der Waals surface area contributed by atoms with Gasteiger partial charge in [0.05, 0.1) is 0 Å². The summed E-state index contributed by atoms with van der Waals surface area (Å²) in [6.07, 6.45) is 6.20. The molecule has 0 bridgehead atoms. The lowest BCUT2D eigenvalue weighted by Crippen LogP contribution is -2.26. The predicted octanol–water partition coefficient (Wildman–Crippen LogP) is 2.40. The zero-order valence-electron chi connectivity index (χ0n) is 9.06. The van der Waals surface area contributed by atoms with Crippen molar-refractivity contribution >= 4 is 0 Å². The Morgan fingerprint density at radius 3 is 2.46 bits per heavy atom. The third kappa shape index (κ3) is 6.26. The highest BCUT2D eigenvalue weighted by Gasteiger charge is 2.00. The number of hydrogen-bond donors (Lipinski definition) is 2. The highest BCUT2D eigenvalue weighted by atomic mass is 14.9. The van der Waals surface area contributed by atoms with Crippen LogP contribution in [0, 0.1) is 0 Å². The maximum Gasteiger partial charge on any atom is 0.0344 e. The molecule has 0 radical (unpaired) electrons. The van der Waals surface area contributed by atoms with Crippen molar-refractivity contribution in [1.29, 1.82) is 0 Å². The van der Waals surface area contributed by atoms with Crippen LogP contribution in [0.3, 0.4) is 0 Å². The minimum absolute atomic E-state index is 0.611. The van der Waals surface area contributed by atoms with Crippen molar-refractivity contribution in [3.63, 3.8) is 0 Å². The van der Waals surface area contributed by atoms with Gasteiger partial charge in [-0.25, -0.2) is 0 Å². The molecule has 0 aliphatic rings. The highest BCUT2D eigenvalue weighted by Crippen LogP contribution is 1.99. The fourth-order valence-corrected chi connectivity index (χ4v) is 1.17. The third-order valence-electron chi connectivity index (χ3n) is 2.09. The van der Waals surface area contributed by atoms with Crippen molar-refractivity contribution in [3.05, 3.63) is 24.6 Å². The monoisotopic (exact) mass is 182 g/mol. The molecule has 0 atom stereocenters. The molecule has 13 heavy (non-hydrogen) atoms. The molecule has 76 valence electrons. The van der Waals surface area contributed by atoms with Crippen LogP contribution in [0.2, 0.25) is 0 Å². The van der Waals surface area contributed by atoms with E-state index < -0.39 is 0 Å². The van der Waals surface area contributed by atoms with Crippen molar-refractivity contribution in [2.75, 3.05) is 6.54 Å². The van der Waals surface area contributed by atoms with Crippen LogP contribution in [0.5, 0.6) is 0 Å². The van der Waals surface area contributed by atoms with Crippen LogP contribution in [-0.2, 0) is 0 Å². The second-order valence-corrected chi connectivity index (χ2v) is 3.16. The third-order valence-corrected chi connectivity index (χ3v) is 2.09. The maximum absolute atomic E-state index is 3.59. The van der Waals surface area contributed by atoms with Crippen LogP contribution in [0.1, 0.15) is 33.6 Å². The molecule has 0 unspecified atom stereocenters. The van der Waals surface area contributed by atoms with Gasteiger partial charge in [-0.2, -0.15) is 0 Å². The van der Waals surface area contributed by atoms with E-state index in [1.54, 1.807) is 6.20 Å². The Kier molecular flexibility index (Phi) is 7.17. The van der Waals surface area contributed by atoms with Crippen molar-refractivity contribution in [1.82, 2.24) is 10.6 Å². The van der Waals surface area contributed by atoms with E-state index >= 15 is 0 Å². The van der Waals surface area contributed by atoms with E-state index in [4.69, 9.17) is 0 Å². The van der Waals surface area contributed by atoms with Gasteiger partial charge in [0, 0.05) is 18.3 Å². The van der Waals surface area contributed by atoms with Crippen LogP contribution in [0.15, 0.2) is 24.6 Å². The number of allylic oxidation sites excluding steroid dienone is 1. The number of nitrogens with one attached hydrogen (secondary N) is 2. The van der Waals surface area contributed by atoms with E-state index in [1.807, 2.05) is 0 Å². The van der Waals surface area contributed by atoms with Crippen molar-refractivity contribution in [2.45, 2.75) is 39.7 Å².